The van der Waals surface area contributed by atoms with Crippen LogP contribution in [0.3, 0.4) is 0 Å². The van der Waals surface area contributed by atoms with Gasteiger partial charge < -0.3 is 19.9 Å². The summed E-state index contributed by atoms with van der Waals surface area (Å²) in [4.78, 5) is 25.3. The summed E-state index contributed by atoms with van der Waals surface area (Å²) in [6.45, 7) is 2.26. The smallest absolute Gasteiger partial charge is 0.228 e. The molecule has 0 saturated carbocycles. The molecule has 3 aromatic heterocycles. The quantitative estimate of drug-likeness (QED) is 0.542. The van der Waals surface area contributed by atoms with E-state index >= 15 is 0 Å². The van der Waals surface area contributed by atoms with Gasteiger partial charge in [0.2, 0.25) is 5.95 Å². The van der Waals surface area contributed by atoms with Crippen LogP contribution in [-0.4, -0.2) is 54.8 Å². The monoisotopic (exact) mass is 414 g/mol. The lowest BCUT2D eigenvalue weighted by molar-refractivity contribution is 0.0299. The summed E-state index contributed by atoms with van der Waals surface area (Å²) in [5.41, 5.74) is 9.70. The lowest BCUT2D eigenvalue weighted by Gasteiger charge is -2.32. The van der Waals surface area contributed by atoms with Gasteiger partial charge in [0, 0.05) is 13.1 Å². The maximum absolute atomic E-state index is 6.00. The van der Waals surface area contributed by atoms with Crippen molar-refractivity contribution in [3.63, 3.8) is 0 Å². The molecule has 5 heterocycles. The van der Waals surface area contributed by atoms with Gasteiger partial charge in [-0.25, -0.2) is 19.9 Å². The Morgan fingerprint density at radius 3 is 2.52 bits per heavy atom. The minimum absolute atomic E-state index is 0.243. The van der Waals surface area contributed by atoms with Gasteiger partial charge >= 0.3 is 0 Å². The van der Waals surface area contributed by atoms with E-state index in [0.29, 0.717) is 35.2 Å². The molecule has 0 radical (unpaired) electrons. The molecule has 2 bridgehead atoms. The van der Waals surface area contributed by atoms with Gasteiger partial charge in [-0.1, -0.05) is 30.3 Å². The summed E-state index contributed by atoms with van der Waals surface area (Å²) < 4.78 is 8.06. The van der Waals surface area contributed by atoms with Crippen LogP contribution in [0, 0.1) is 0 Å². The van der Waals surface area contributed by atoms with Crippen LogP contribution < -0.4 is 10.6 Å². The van der Waals surface area contributed by atoms with Crippen LogP contribution in [0.2, 0.25) is 0 Å². The summed E-state index contributed by atoms with van der Waals surface area (Å²) in [5.74, 6) is 1.05. The SMILES string of the molecule is Nc1cnc(-c2nc(N3CC4CCC(C3)O4)nc3c2ncn3Cc2ccccc2)cn1. The van der Waals surface area contributed by atoms with Gasteiger partial charge in [-0.2, -0.15) is 4.98 Å². The van der Waals surface area contributed by atoms with E-state index in [4.69, 9.17) is 20.4 Å². The van der Waals surface area contributed by atoms with E-state index in [2.05, 4.69) is 36.6 Å². The molecule has 2 unspecified atom stereocenters. The van der Waals surface area contributed by atoms with Crippen LogP contribution in [0.5, 0.6) is 0 Å². The van der Waals surface area contributed by atoms with E-state index < -0.39 is 0 Å². The van der Waals surface area contributed by atoms with Crippen molar-refractivity contribution in [3.05, 3.63) is 54.6 Å². The second kappa shape index (κ2) is 7.28. The van der Waals surface area contributed by atoms with Gasteiger partial charge in [-0.15, -0.1) is 0 Å². The molecular formula is C22H22N8O. The van der Waals surface area contributed by atoms with Gasteiger partial charge in [0.25, 0.3) is 0 Å². The molecule has 156 valence electrons. The number of ether oxygens (including phenoxy) is 1. The molecule has 2 aliphatic rings. The molecule has 2 fully saturated rings. The summed E-state index contributed by atoms with van der Waals surface area (Å²) in [7, 11) is 0. The molecule has 9 heteroatoms. The van der Waals surface area contributed by atoms with Crippen molar-refractivity contribution >= 4 is 22.9 Å². The highest BCUT2D eigenvalue weighted by Crippen LogP contribution is 2.31. The number of imidazole rings is 1. The molecule has 0 spiro atoms. The normalized spacial score (nSPS) is 20.5. The number of hydrogen-bond donors (Lipinski definition) is 1. The number of benzene rings is 1. The van der Waals surface area contributed by atoms with Crippen LogP contribution in [0.25, 0.3) is 22.6 Å². The summed E-state index contributed by atoms with van der Waals surface area (Å²) in [6, 6.07) is 10.3. The maximum Gasteiger partial charge on any atom is 0.228 e. The van der Waals surface area contributed by atoms with Gasteiger partial charge in [0.05, 0.1) is 37.5 Å². The summed E-state index contributed by atoms with van der Waals surface area (Å²) in [6.07, 6.45) is 7.66. The van der Waals surface area contributed by atoms with Crippen LogP contribution in [0.4, 0.5) is 11.8 Å². The Bertz CT molecular complexity index is 1210. The number of nitrogen functional groups attached to an aromatic ring is 1. The van der Waals surface area contributed by atoms with Crippen molar-refractivity contribution in [2.75, 3.05) is 23.7 Å². The first-order valence-corrected chi connectivity index (χ1v) is 10.5. The third-order valence-electron chi connectivity index (χ3n) is 5.89. The fourth-order valence-corrected chi connectivity index (χ4v) is 4.39. The van der Waals surface area contributed by atoms with E-state index in [1.54, 1.807) is 12.4 Å². The van der Waals surface area contributed by atoms with Crippen LogP contribution in [0.15, 0.2) is 49.1 Å². The Hall–Kier alpha value is -3.59. The fourth-order valence-electron chi connectivity index (χ4n) is 4.39. The zero-order valence-electron chi connectivity index (χ0n) is 16.9. The first-order chi connectivity index (χ1) is 15.2. The first kappa shape index (κ1) is 18.2. The Morgan fingerprint density at radius 2 is 1.77 bits per heavy atom. The average molecular weight is 414 g/mol. The number of anilines is 2. The molecule has 9 nitrogen and oxygen atoms in total. The Labute approximate surface area is 179 Å². The number of aromatic nitrogens is 6. The number of hydrogen-bond acceptors (Lipinski definition) is 8. The lowest BCUT2D eigenvalue weighted by Crippen LogP contribution is -2.43. The maximum atomic E-state index is 6.00. The van der Waals surface area contributed by atoms with Crippen molar-refractivity contribution in [2.45, 2.75) is 31.6 Å². The number of nitrogens with zero attached hydrogens (tertiary/aromatic N) is 7. The zero-order chi connectivity index (χ0) is 20.8. The molecule has 2 saturated heterocycles. The standard InChI is InChI=1S/C22H22N8O/c23-18-9-24-17(8-25-18)19-20-21(30(13-26-20)10-14-4-2-1-3-5-14)28-22(27-19)29-11-15-6-7-16(12-29)31-15/h1-5,8-9,13,15-16H,6-7,10-12H2,(H2,23,25). The molecule has 31 heavy (non-hydrogen) atoms. The minimum atomic E-state index is 0.243. The van der Waals surface area contributed by atoms with Crippen molar-refractivity contribution in [2.24, 2.45) is 0 Å². The number of nitrogens with two attached hydrogens (primary N) is 1. The fraction of sp³-hybridized carbons (Fsp3) is 0.318. The predicted octanol–water partition coefficient (Wildman–Crippen LogP) is 2.28. The topological polar surface area (TPSA) is 108 Å². The number of morpholine rings is 1. The van der Waals surface area contributed by atoms with Gasteiger partial charge in [-0.3, -0.25) is 0 Å². The van der Waals surface area contributed by atoms with Gasteiger partial charge in [-0.05, 0) is 18.4 Å². The van der Waals surface area contributed by atoms with Crippen LogP contribution >= 0.6 is 0 Å². The largest absolute Gasteiger partial charge is 0.382 e. The highest BCUT2D eigenvalue weighted by atomic mass is 16.5. The lowest BCUT2D eigenvalue weighted by atomic mass is 10.2. The first-order valence-electron chi connectivity index (χ1n) is 10.5. The Kier molecular flexibility index (Phi) is 4.27. The third kappa shape index (κ3) is 3.36. The predicted molar refractivity (Wildman–Crippen MR) is 116 cm³/mol. The molecule has 2 aliphatic heterocycles. The van der Waals surface area contributed by atoms with Crippen LogP contribution in [-0.2, 0) is 11.3 Å². The molecule has 0 aliphatic carbocycles. The van der Waals surface area contributed by atoms with Crippen molar-refractivity contribution in [1.29, 1.82) is 0 Å². The van der Waals surface area contributed by atoms with E-state index in [-0.39, 0.29) is 12.2 Å². The van der Waals surface area contributed by atoms with Crippen molar-refractivity contribution in [3.8, 4) is 11.4 Å². The summed E-state index contributed by atoms with van der Waals surface area (Å²) in [5, 5.41) is 0. The summed E-state index contributed by atoms with van der Waals surface area (Å²) >= 11 is 0. The van der Waals surface area contributed by atoms with Crippen molar-refractivity contribution < 1.29 is 4.74 Å². The molecule has 6 rings (SSSR count). The second-order valence-corrected chi connectivity index (χ2v) is 8.09. The highest BCUT2D eigenvalue weighted by Gasteiger charge is 2.35. The van der Waals surface area contributed by atoms with E-state index in [0.717, 1.165) is 31.6 Å². The molecule has 2 atom stereocenters. The highest BCUT2D eigenvalue weighted by molar-refractivity contribution is 5.87. The second-order valence-electron chi connectivity index (χ2n) is 8.09. The molecule has 1 aromatic carbocycles. The van der Waals surface area contributed by atoms with E-state index in [9.17, 15) is 0 Å². The third-order valence-corrected chi connectivity index (χ3v) is 5.89. The van der Waals surface area contributed by atoms with Crippen molar-refractivity contribution in [1.82, 2.24) is 29.5 Å². The zero-order valence-corrected chi connectivity index (χ0v) is 16.9. The minimum Gasteiger partial charge on any atom is -0.382 e. The Balaban J connectivity index is 1.48. The van der Waals surface area contributed by atoms with Crippen LogP contribution in [0.1, 0.15) is 18.4 Å². The number of fused-ring (bicyclic) bond motifs is 3. The molecular weight excluding hydrogens is 392 g/mol. The molecule has 2 N–H and O–H groups in total. The Morgan fingerprint density at radius 1 is 0.968 bits per heavy atom. The van der Waals surface area contributed by atoms with E-state index in [1.165, 1.54) is 5.56 Å². The average Bonchev–Trinajstić information content (AvgIpc) is 3.36. The molecule has 0 amide bonds. The van der Waals surface area contributed by atoms with E-state index in [1.807, 2.05) is 24.5 Å². The van der Waals surface area contributed by atoms with Gasteiger partial charge in [0.1, 0.15) is 22.7 Å². The molecule has 4 aromatic rings. The number of rotatable bonds is 4. The van der Waals surface area contributed by atoms with Gasteiger partial charge in [0.15, 0.2) is 5.65 Å².